The topological polar surface area (TPSA) is 58.2 Å². The molecular weight excluding hydrogens is 324 g/mol. The van der Waals surface area contributed by atoms with Gasteiger partial charge in [-0.15, -0.1) is 22.7 Å². The molecule has 2 rings (SSSR count). The maximum Gasteiger partial charge on any atom is 0.241 e. The molecule has 1 atom stereocenters. The molecule has 2 heterocycles. The summed E-state index contributed by atoms with van der Waals surface area (Å²) in [4.78, 5) is 2.57. The molecule has 0 bridgehead atoms. The van der Waals surface area contributed by atoms with Crippen molar-refractivity contribution in [2.75, 3.05) is 6.54 Å². The fourth-order valence-corrected chi connectivity index (χ4v) is 5.27. The first-order valence-electron chi connectivity index (χ1n) is 6.84. The molecule has 0 saturated heterocycles. The summed E-state index contributed by atoms with van der Waals surface area (Å²) < 4.78 is 27.4. The summed E-state index contributed by atoms with van der Waals surface area (Å²) in [6, 6.07) is 5.63. The molecule has 116 valence electrons. The predicted molar refractivity (Wildman–Crippen MR) is 89.5 cm³/mol. The van der Waals surface area contributed by atoms with Crippen LogP contribution in [0.1, 0.15) is 23.6 Å². The third-order valence-electron chi connectivity index (χ3n) is 2.93. The first kappa shape index (κ1) is 16.6. The van der Waals surface area contributed by atoms with Gasteiger partial charge in [-0.1, -0.05) is 13.0 Å². The molecule has 0 spiro atoms. The van der Waals surface area contributed by atoms with Crippen molar-refractivity contribution in [1.82, 2.24) is 10.0 Å². The van der Waals surface area contributed by atoms with Crippen LogP contribution in [0, 0.1) is 0 Å². The average molecular weight is 345 g/mol. The zero-order valence-corrected chi connectivity index (χ0v) is 14.6. The summed E-state index contributed by atoms with van der Waals surface area (Å²) in [6.07, 6.45) is 0.714. The van der Waals surface area contributed by atoms with E-state index in [4.69, 9.17) is 0 Å². The van der Waals surface area contributed by atoms with Gasteiger partial charge in [0.05, 0.1) is 4.90 Å². The van der Waals surface area contributed by atoms with Crippen LogP contribution in [0.3, 0.4) is 0 Å². The highest BCUT2D eigenvalue weighted by Crippen LogP contribution is 2.20. The van der Waals surface area contributed by atoms with E-state index >= 15 is 0 Å². The lowest BCUT2D eigenvalue weighted by atomic mass is 10.2. The molecule has 0 amide bonds. The van der Waals surface area contributed by atoms with Crippen molar-refractivity contribution in [2.24, 2.45) is 0 Å². The fraction of sp³-hybridized carbons (Fsp3) is 0.429. The zero-order chi connectivity index (χ0) is 15.3. The highest BCUT2D eigenvalue weighted by molar-refractivity contribution is 7.89. The first-order chi connectivity index (χ1) is 10.0. The lowest BCUT2D eigenvalue weighted by molar-refractivity contribution is 0.561. The van der Waals surface area contributed by atoms with Crippen LogP contribution in [0.25, 0.3) is 0 Å². The van der Waals surface area contributed by atoms with E-state index in [1.165, 1.54) is 16.2 Å². The van der Waals surface area contributed by atoms with Crippen molar-refractivity contribution in [3.8, 4) is 0 Å². The molecule has 0 aromatic carbocycles. The van der Waals surface area contributed by atoms with E-state index in [1.807, 2.05) is 31.4 Å². The first-order valence-corrected chi connectivity index (χ1v) is 10.1. The van der Waals surface area contributed by atoms with Crippen molar-refractivity contribution in [2.45, 2.75) is 37.8 Å². The van der Waals surface area contributed by atoms with Crippen molar-refractivity contribution < 1.29 is 8.42 Å². The Morgan fingerprint density at radius 2 is 2.10 bits per heavy atom. The fourth-order valence-electron chi connectivity index (χ4n) is 1.95. The van der Waals surface area contributed by atoms with Gasteiger partial charge in [0.1, 0.15) is 0 Å². The van der Waals surface area contributed by atoms with Gasteiger partial charge < -0.3 is 5.32 Å². The summed E-state index contributed by atoms with van der Waals surface area (Å²) in [7, 11) is -3.43. The van der Waals surface area contributed by atoms with E-state index in [0.717, 1.165) is 11.4 Å². The molecule has 4 nitrogen and oxygen atoms in total. The molecule has 0 fully saturated rings. The lowest BCUT2D eigenvalue weighted by Gasteiger charge is -2.12. The van der Waals surface area contributed by atoms with Gasteiger partial charge in [0.25, 0.3) is 0 Å². The van der Waals surface area contributed by atoms with E-state index in [1.54, 1.807) is 22.8 Å². The molecule has 0 aliphatic rings. The maximum absolute atomic E-state index is 12.3. The van der Waals surface area contributed by atoms with E-state index < -0.39 is 10.0 Å². The van der Waals surface area contributed by atoms with Crippen LogP contribution in [-0.4, -0.2) is 21.0 Å². The van der Waals surface area contributed by atoms with E-state index in [2.05, 4.69) is 10.0 Å². The van der Waals surface area contributed by atoms with Crippen molar-refractivity contribution in [3.63, 3.8) is 0 Å². The number of hydrogen-bond donors (Lipinski definition) is 2. The second kappa shape index (κ2) is 7.51. The Morgan fingerprint density at radius 1 is 1.29 bits per heavy atom. The van der Waals surface area contributed by atoms with Gasteiger partial charge in [0.2, 0.25) is 10.0 Å². The highest BCUT2D eigenvalue weighted by Gasteiger charge is 2.19. The minimum absolute atomic E-state index is 0.120. The maximum atomic E-state index is 12.3. The summed E-state index contributed by atoms with van der Waals surface area (Å²) in [5.74, 6) is 0. The zero-order valence-electron chi connectivity index (χ0n) is 12.1. The van der Waals surface area contributed by atoms with Crippen LogP contribution in [-0.2, 0) is 23.0 Å². The molecule has 0 saturated carbocycles. The molecule has 0 radical (unpaired) electrons. The van der Waals surface area contributed by atoms with E-state index in [9.17, 15) is 8.42 Å². The minimum atomic E-state index is -3.43. The largest absolute Gasteiger partial charge is 0.312 e. The van der Waals surface area contributed by atoms with Crippen LogP contribution in [0.5, 0.6) is 0 Å². The quantitative estimate of drug-likeness (QED) is 0.774. The van der Waals surface area contributed by atoms with Crippen LogP contribution in [0.2, 0.25) is 0 Å². The molecular formula is C14H20N2O2S3. The number of hydrogen-bond acceptors (Lipinski definition) is 5. The molecule has 0 aliphatic heterocycles. The second-order valence-corrected chi connectivity index (χ2v) is 8.58. The molecule has 21 heavy (non-hydrogen) atoms. The third-order valence-corrected chi connectivity index (χ3v) is 6.49. The van der Waals surface area contributed by atoms with Crippen LogP contribution >= 0.6 is 22.7 Å². The number of thiophene rings is 2. The normalized spacial score (nSPS) is 13.4. The summed E-state index contributed by atoms with van der Waals surface area (Å²) in [5.41, 5.74) is 0. The molecule has 2 N–H and O–H groups in total. The van der Waals surface area contributed by atoms with Crippen molar-refractivity contribution >= 4 is 32.7 Å². The van der Waals surface area contributed by atoms with Gasteiger partial charge in [-0.05, 0) is 37.4 Å². The molecule has 0 aliphatic carbocycles. The van der Waals surface area contributed by atoms with Gasteiger partial charge in [-0.2, -0.15) is 0 Å². The van der Waals surface area contributed by atoms with Crippen molar-refractivity contribution in [3.05, 3.63) is 38.7 Å². The van der Waals surface area contributed by atoms with E-state index in [-0.39, 0.29) is 6.04 Å². The SMILES string of the molecule is CCNCc1cc(S(=O)(=O)NC(C)Cc2cccs2)cs1. The predicted octanol–water partition coefficient (Wildman–Crippen LogP) is 2.83. The van der Waals surface area contributed by atoms with Crippen LogP contribution in [0.15, 0.2) is 33.9 Å². The van der Waals surface area contributed by atoms with Gasteiger partial charge in [-0.3, -0.25) is 0 Å². The molecule has 7 heteroatoms. The second-order valence-electron chi connectivity index (χ2n) is 4.83. The van der Waals surface area contributed by atoms with Crippen molar-refractivity contribution in [1.29, 1.82) is 0 Å². The third kappa shape index (κ3) is 4.89. The van der Waals surface area contributed by atoms with Gasteiger partial charge in [-0.25, -0.2) is 13.1 Å². The monoisotopic (exact) mass is 344 g/mol. The smallest absolute Gasteiger partial charge is 0.241 e. The number of rotatable bonds is 8. The van der Waals surface area contributed by atoms with Gasteiger partial charge in [0, 0.05) is 27.7 Å². The summed E-state index contributed by atoms with van der Waals surface area (Å²) in [6.45, 7) is 5.50. The Labute approximate surface area is 134 Å². The Morgan fingerprint density at radius 3 is 2.76 bits per heavy atom. The highest BCUT2D eigenvalue weighted by atomic mass is 32.2. The van der Waals surface area contributed by atoms with E-state index in [0.29, 0.717) is 17.9 Å². The van der Waals surface area contributed by atoms with Gasteiger partial charge in [0.15, 0.2) is 0 Å². The summed E-state index contributed by atoms with van der Waals surface area (Å²) >= 11 is 3.11. The van der Waals surface area contributed by atoms with Crippen LogP contribution < -0.4 is 10.0 Å². The summed E-state index contributed by atoms with van der Waals surface area (Å²) in [5, 5.41) is 6.90. The molecule has 2 aromatic heterocycles. The van der Waals surface area contributed by atoms with Gasteiger partial charge >= 0.3 is 0 Å². The Balaban J connectivity index is 1.98. The Bertz CT molecular complexity index is 648. The number of nitrogens with one attached hydrogen (secondary N) is 2. The standard InChI is InChI=1S/C14H20N2O2S3/c1-3-15-9-13-8-14(10-20-13)21(17,18)16-11(2)7-12-5-4-6-19-12/h4-6,8,10-11,15-16H,3,7,9H2,1-2H3. The average Bonchev–Trinajstić information content (AvgIpc) is 3.06. The molecule has 2 aromatic rings. The molecule has 1 unspecified atom stereocenters. The minimum Gasteiger partial charge on any atom is -0.312 e. The lowest BCUT2D eigenvalue weighted by Crippen LogP contribution is -2.33. The number of sulfonamides is 1. The Kier molecular flexibility index (Phi) is 5.95. The van der Waals surface area contributed by atoms with Crippen LogP contribution in [0.4, 0.5) is 0 Å². The Hall–Kier alpha value is -0.730.